The molecule has 108 valence electrons. The molecule has 5 heteroatoms. The summed E-state index contributed by atoms with van der Waals surface area (Å²) in [7, 11) is 0. The molecule has 1 aromatic carbocycles. The minimum atomic E-state index is 0.708. The van der Waals surface area contributed by atoms with Crippen molar-refractivity contribution in [2.45, 2.75) is 0 Å². The third-order valence-electron chi connectivity index (χ3n) is 3.32. The van der Waals surface area contributed by atoms with Crippen molar-refractivity contribution in [3.05, 3.63) is 64.6 Å². The van der Waals surface area contributed by atoms with E-state index in [1.54, 1.807) is 12.5 Å². The molecule has 0 saturated heterocycles. The summed E-state index contributed by atoms with van der Waals surface area (Å²) in [6.45, 7) is 0. The van der Waals surface area contributed by atoms with Crippen LogP contribution in [0.5, 0.6) is 0 Å². The van der Waals surface area contributed by atoms with Gasteiger partial charge in [-0.2, -0.15) is 0 Å². The molecule has 0 aliphatic carbocycles. The van der Waals surface area contributed by atoms with Crippen LogP contribution in [0.1, 0.15) is 0 Å². The van der Waals surface area contributed by atoms with Crippen LogP contribution in [-0.2, 0) is 0 Å². The summed E-state index contributed by atoms with van der Waals surface area (Å²) in [5, 5.41) is 0. The van der Waals surface area contributed by atoms with E-state index in [4.69, 9.17) is 13.8 Å². The number of furan rings is 2. The van der Waals surface area contributed by atoms with E-state index in [1.807, 2.05) is 42.5 Å². The van der Waals surface area contributed by atoms with Crippen molar-refractivity contribution in [2.24, 2.45) is 0 Å². The second kappa shape index (κ2) is 5.49. The van der Waals surface area contributed by atoms with Crippen LogP contribution in [0.4, 0.5) is 0 Å². The van der Waals surface area contributed by atoms with Gasteiger partial charge in [-0.05, 0) is 59.0 Å². The standard InChI is InChI=1S/C17H11IN2O2/c18-12-5-1-4-11(10-12)17-19-15(13-6-2-8-21-13)16(20-17)14-7-3-9-22-14/h1-10H,(H,19,20). The third kappa shape index (κ3) is 2.37. The van der Waals surface area contributed by atoms with E-state index in [0.29, 0.717) is 5.76 Å². The van der Waals surface area contributed by atoms with Crippen molar-refractivity contribution in [3.8, 4) is 34.3 Å². The van der Waals surface area contributed by atoms with Gasteiger partial charge in [0.05, 0.1) is 12.5 Å². The van der Waals surface area contributed by atoms with E-state index in [-0.39, 0.29) is 0 Å². The van der Waals surface area contributed by atoms with E-state index >= 15 is 0 Å². The van der Waals surface area contributed by atoms with Gasteiger partial charge >= 0.3 is 0 Å². The lowest BCUT2D eigenvalue weighted by molar-refractivity contribution is 0.573. The number of H-pyrrole nitrogens is 1. The molecule has 0 spiro atoms. The van der Waals surface area contributed by atoms with Crippen LogP contribution in [0.3, 0.4) is 0 Å². The van der Waals surface area contributed by atoms with Crippen molar-refractivity contribution < 1.29 is 8.83 Å². The van der Waals surface area contributed by atoms with Crippen molar-refractivity contribution >= 4 is 22.6 Å². The molecule has 3 heterocycles. The molecule has 0 aliphatic heterocycles. The molecule has 0 radical (unpaired) electrons. The topological polar surface area (TPSA) is 55.0 Å². The molecule has 4 rings (SSSR count). The maximum atomic E-state index is 5.52. The lowest BCUT2D eigenvalue weighted by Gasteiger charge is -1.97. The van der Waals surface area contributed by atoms with Gasteiger partial charge in [-0.25, -0.2) is 4.98 Å². The predicted octanol–water partition coefficient (Wildman–Crippen LogP) is 5.20. The highest BCUT2D eigenvalue weighted by Gasteiger charge is 2.18. The van der Waals surface area contributed by atoms with E-state index in [2.05, 4.69) is 33.6 Å². The fraction of sp³-hybridized carbons (Fsp3) is 0. The minimum absolute atomic E-state index is 0.708. The van der Waals surface area contributed by atoms with Crippen molar-refractivity contribution in [3.63, 3.8) is 0 Å². The summed E-state index contributed by atoms with van der Waals surface area (Å²) in [5.41, 5.74) is 2.58. The molecule has 0 amide bonds. The Bertz CT molecular complexity index is 841. The fourth-order valence-corrected chi connectivity index (χ4v) is 2.88. The second-order valence-electron chi connectivity index (χ2n) is 4.77. The summed E-state index contributed by atoms with van der Waals surface area (Å²) in [6, 6.07) is 15.7. The van der Waals surface area contributed by atoms with Crippen LogP contribution < -0.4 is 0 Å². The number of nitrogens with zero attached hydrogens (tertiary/aromatic N) is 1. The molecule has 0 atom stereocenters. The normalized spacial score (nSPS) is 11.0. The highest BCUT2D eigenvalue weighted by molar-refractivity contribution is 14.1. The molecule has 0 unspecified atom stereocenters. The van der Waals surface area contributed by atoms with Crippen LogP contribution in [0.25, 0.3) is 34.3 Å². The Labute approximate surface area is 140 Å². The minimum Gasteiger partial charge on any atom is -0.463 e. The third-order valence-corrected chi connectivity index (χ3v) is 4.00. The highest BCUT2D eigenvalue weighted by Crippen LogP contribution is 2.33. The molecular weight excluding hydrogens is 391 g/mol. The average Bonchev–Trinajstić information content (AvgIpc) is 3.27. The summed E-state index contributed by atoms with van der Waals surface area (Å²) in [5.74, 6) is 2.23. The first-order chi connectivity index (χ1) is 10.8. The molecule has 22 heavy (non-hydrogen) atoms. The molecular formula is C17H11IN2O2. The Morgan fingerprint density at radius 3 is 2.36 bits per heavy atom. The maximum absolute atomic E-state index is 5.52. The monoisotopic (exact) mass is 402 g/mol. The van der Waals surface area contributed by atoms with Gasteiger partial charge in [0.25, 0.3) is 0 Å². The second-order valence-corrected chi connectivity index (χ2v) is 6.02. The Morgan fingerprint density at radius 1 is 0.909 bits per heavy atom. The Morgan fingerprint density at radius 2 is 1.68 bits per heavy atom. The zero-order chi connectivity index (χ0) is 14.9. The molecule has 1 N–H and O–H groups in total. The summed E-state index contributed by atoms with van der Waals surface area (Å²) < 4.78 is 12.2. The molecule has 0 bridgehead atoms. The van der Waals surface area contributed by atoms with Crippen molar-refractivity contribution in [1.29, 1.82) is 0 Å². The van der Waals surface area contributed by atoms with Crippen LogP contribution in [0.15, 0.2) is 69.9 Å². The first-order valence-electron chi connectivity index (χ1n) is 6.75. The van der Waals surface area contributed by atoms with Gasteiger partial charge in [-0.15, -0.1) is 0 Å². The SMILES string of the molecule is Ic1cccc(-c2nc(-c3ccco3)c(-c3ccco3)[nH]2)c1. The van der Waals surface area contributed by atoms with Gasteiger partial charge in [0, 0.05) is 9.13 Å². The predicted molar refractivity (Wildman–Crippen MR) is 92.1 cm³/mol. The molecule has 4 aromatic rings. The Kier molecular flexibility index (Phi) is 3.34. The quantitative estimate of drug-likeness (QED) is 0.480. The summed E-state index contributed by atoms with van der Waals surface area (Å²) in [4.78, 5) is 8.06. The summed E-state index contributed by atoms with van der Waals surface area (Å²) in [6.07, 6.45) is 3.29. The van der Waals surface area contributed by atoms with Crippen LogP contribution in [-0.4, -0.2) is 9.97 Å². The number of benzene rings is 1. The Hall–Kier alpha value is -2.28. The van der Waals surface area contributed by atoms with Gasteiger partial charge in [-0.1, -0.05) is 12.1 Å². The van der Waals surface area contributed by atoms with Crippen molar-refractivity contribution in [1.82, 2.24) is 9.97 Å². The fourth-order valence-electron chi connectivity index (χ4n) is 2.34. The molecule has 0 fully saturated rings. The Balaban J connectivity index is 1.90. The van der Waals surface area contributed by atoms with Gasteiger partial charge in [0.2, 0.25) is 0 Å². The van der Waals surface area contributed by atoms with Crippen LogP contribution >= 0.6 is 22.6 Å². The van der Waals surface area contributed by atoms with Crippen molar-refractivity contribution in [2.75, 3.05) is 0 Å². The van der Waals surface area contributed by atoms with Crippen LogP contribution in [0, 0.1) is 3.57 Å². The zero-order valence-corrected chi connectivity index (χ0v) is 13.6. The first kappa shape index (κ1) is 13.4. The van der Waals surface area contributed by atoms with Gasteiger partial charge in [0.1, 0.15) is 17.2 Å². The number of hydrogen-bond donors (Lipinski definition) is 1. The number of hydrogen-bond acceptors (Lipinski definition) is 3. The summed E-state index contributed by atoms with van der Waals surface area (Å²) >= 11 is 2.29. The smallest absolute Gasteiger partial charge is 0.154 e. The first-order valence-corrected chi connectivity index (χ1v) is 7.83. The number of aromatic nitrogens is 2. The van der Waals surface area contributed by atoms with Gasteiger partial charge < -0.3 is 13.8 Å². The number of rotatable bonds is 3. The molecule has 4 nitrogen and oxygen atoms in total. The number of nitrogens with one attached hydrogen (secondary N) is 1. The lowest BCUT2D eigenvalue weighted by Crippen LogP contribution is -1.81. The maximum Gasteiger partial charge on any atom is 0.154 e. The van der Waals surface area contributed by atoms with Crippen LogP contribution in [0.2, 0.25) is 0 Å². The number of halogens is 1. The van der Waals surface area contributed by atoms with Gasteiger partial charge in [0.15, 0.2) is 11.5 Å². The zero-order valence-electron chi connectivity index (χ0n) is 11.4. The van der Waals surface area contributed by atoms with Gasteiger partial charge in [-0.3, -0.25) is 0 Å². The number of imidazole rings is 1. The van der Waals surface area contributed by atoms with E-state index in [9.17, 15) is 0 Å². The molecule has 3 aromatic heterocycles. The molecule has 0 aliphatic rings. The number of aromatic amines is 1. The average molecular weight is 402 g/mol. The highest BCUT2D eigenvalue weighted by atomic mass is 127. The lowest BCUT2D eigenvalue weighted by atomic mass is 10.2. The molecule has 0 saturated carbocycles. The van der Waals surface area contributed by atoms with E-state index in [0.717, 1.165) is 32.1 Å². The van der Waals surface area contributed by atoms with E-state index < -0.39 is 0 Å². The van der Waals surface area contributed by atoms with E-state index in [1.165, 1.54) is 0 Å². The largest absolute Gasteiger partial charge is 0.463 e.